The van der Waals surface area contributed by atoms with E-state index in [1.807, 2.05) is 6.92 Å². The number of likely N-dealkylation sites (tertiary alicyclic amines) is 1. The number of methoxy groups -OCH3 is 1. The van der Waals surface area contributed by atoms with Gasteiger partial charge in [-0.3, -0.25) is 9.59 Å². The van der Waals surface area contributed by atoms with Crippen LogP contribution in [0.3, 0.4) is 0 Å². The van der Waals surface area contributed by atoms with Gasteiger partial charge in [0.1, 0.15) is 17.3 Å². The van der Waals surface area contributed by atoms with E-state index >= 15 is 0 Å². The Morgan fingerprint density at radius 3 is 2.29 bits per heavy atom. The van der Waals surface area contributed by atoms with E-state index in [0.717, 1.165) is 0 Å². The maximum Gasteiger partial charge on any atom is 0.295 e. The van der Waals surface area contributed by atoms with Gasteiger partial charge in [-0.2, -0.15) is 0 Å². The van der Waals surface area contributed by atoms with Gasteiger partial charge in [-0.15, -0.1) is 0 Å². The summed E-state index contributed by atoms with van der Waals surface area (Å²) in [5.74, 6) is -0.962. The van der Waals surface area contributed by atoms with Crippen molar-refractivity contribution in [2.75, 3.05) is 40.1 Å². The monoisotopic (exact) mass is 485 g/mol. The molecule has 1 aliphatic heterocycles. The van der Waals surface area contributed by atoms with Crippen LogP contribution in [-0.4, -0.2) is 66.9 Å². The Labute approximate surface area is 204 Å². The summed E-state index contributed by atoms with van der Waals surface area (Å²) in [7, 11) is 1.49. The molecule has 2 aromatic rings. The number of phenols is 1. The number of benzene rings is 2. The number of ketones is 1. The van der Waals surface area contributed by atoms with Crippen molar-refractivity contribution in [2.24, 2.45) is 0 Å². The SMILES string of the molecule is CCOc1ccc(/C(O)=C2\C(=O)C(=O)N(CCOC)C2c2ccc(O)c(OCC)c2)c(OCC)c1. The molecule has 1 fully saturated rings. The second kappa shape index (κ2) is 11.6. The molecule has 0 spiro atoms. The topological polar surface area (TPSA) is 115 Å². The average Bonchev–Trinajstić information content (AvgIpc) is 3.09. The van der Waals surface area contributed by atoms with Gasteiger partial charge in [0, 0.05) is 19.7 Å². The van der Waals surface area contributed by atoms with Crippen LogP contribution in [0.25, 0.3) is 5.76 Å². The third-order valence-electron chi connectivity index (χ3n) is 5.49. The molecule has 0 aliphatic carbocycles. The molecule has 2 N–H and O–H groups in total. The summed E-state index contributed by atoms with van der Waals surface area (Å²) in [6.45, 7) is 6.81. The molecule has 9 heteroatoms. The highest BCUT2D eigenvalue weighted by atomic mass is 16.5. The molecular formula is C26H31NO8. The standard InChI is InChI=1S/C26H31NO8/c1-5-33-17-9-10-18(20(15-17)34-6-2)24(29)22-23(27(12-13-32-4)26(31)25(22)30)16-8-11-19(28)21(14-16)35-7-3/h8-11,14-15,23,28-29H,5-7,12-13H2,1-4H3/b24-22+. The molecule has 0 radical (unpaired) electrons. The number of aliphatic hydroxyl groups excluding tert-OH is 1. The van der Waals surface area contributed by atoms with E-state index in [-0.39, 0.29) is 41.5 Å². The summed E-state index contributed by atoms with van der Waals surface area (Å²) in [6, 6.07) is 8.53. The largest absolute Gasteiger partial charge is 0.507 e. The number of hydrogen-bond acceptors (Lipinski definition) is 8. The normalized spacial score (nSPS) is 17.0. The first-order chi connectivity index (χ1) is 16.9. The molecule has 1 saturated heterocycles. The Balaban J connectivity index is 2.21. The fourth-order valence-corrected chi connectivity index (χ4v) is 3.99. The summed E-state index contributed by atoms with van der Waals surface area (Å²) in [5, 5.41) is 21.5. The zero-order chi connectivity index (χ0) is 25.5. The van der Waals surface area contributed by atoms with Crippen LogP contribution in [0.1, 0.15) is 37.9 Å². The van der Waals surface area contributed by atoms with E-state index in [0.29, 0.717) is 36.9 Å². The maximum absolute atomic E-state index is 13.2. The van der Waals surface area contributed by atoms with Crippen molar-refractivity contribution >= 4 is 17.4 Å². The highest BCUT2D eigenvalue weighted by Gasteiger charge is 2.46. The third kappa shape index (κ3) is 5.35. The Morgan fingerprint density at radius 2 is 1.63 bits per heavy atom. The van der Waals surface area contributed by atoms with Gasteiger partial charge in [0.05, 0.1) is 43.6 Å². The number of hydrogen-bond donors (Lipinski definition) is 2. The number of carbonyl (C=O) groups is 2. The van der Waals surface area contributed by atoms with E-state index in [1.165, 1.54) is 18.1 Å². The van der Waals surface area contributed by atoms with Gasteiger partial charge in [0.2, 0.25) is 0 Å². The lowest BCUT2D eigenvalue weighted by Gasteiger charge is -2.25. The summed E-state index contributed by atoms with van der Waals surface area (Å²) in [5.41, 5.74) is 0.658. The molecule has 3 rings (SSSR count). The number of Topliss-reactive ketones (excluding diaryl/α,β-unsaturated/α-hetero) is 1. The van der Waals surface area contributed by atoms with Crippen LogP contribution in [-0.2, 0) is 14.3 Å². The second-order valence-corrected chi connectivity index (χ2v) is 7.67. The number of aromatic hydroxyl groups is 1. The molecule has 1 unspecified atom stereocenters. The average molecular weight is 486 g/mol. The van der Waals surface area contributed by atoms with Crippen molar-refractivity contribution in [1.29, 1.82) is 0 Å². The zero-order valence-electron chi connectivity index (χ0n) is 20.4. The predicted octanol–water partition coefficient (Wildman–Crippen LogP) is 3.66. The highest BCUT2D eigenvalue weighted by Crippen LogP contribution is 2.43. The van der Waals surface area contributed by atoms with Gasteiger partial charge in [-0.25, -0.2) is 0 Å². The van der Waals surface area contributed by atoms with Crippen molar-refractivity contribution in [3.63, 3.8) is 0 Å². The van der Waals surface area contributed by atoms with Crippen LogP contribution in [0, 0.1) is 0 Å². The van der Waals surface area contributed by atoms with E-state index in [2.05, 4.69) is 0 Å². The summed E-state index contributed by atoms with van der Waals surface area (Å²) < 4.78 is 21.9. The van der Waals surface area contributed by atoms with E-state index < -0.39 is 17.7 Å². The third-order valence-corrected chi connectivity index (χ3v) is 5.49. The van der Waals surface area contributed by atoms with Crippen molar-refractivity contribution < 1.29 is 38.7 Å². The molecule has 0 saturated carbocycles. The molecule has 188 valence electrons. The molecule has 1 amide bonds. The molecule has 1 atom stereocenters. The van der Waals surface area contributed by atoms with Crippen molar-refractivity contribution in [2.45, 2.75) is 26.8 Å². The quantitative estimate of drug-likeness (QED) is 0.282. The minimum Gasteiger partial charge on any atom is -0.507 e. The molecule has 35 heavy (non-hydrogen) atoms. The Morgan fingerprint density at radius 1 is 0.943 bits per heavy atom. The van der Waals surface area contributed by atoms with Crippen LogP contribution in [0.2, 0.25) is 0 Å². The number of nitrogens with zero attached hydrogens (tertiary/aromatic N) is 1. The minimum atomic E-state index is -0.925. The highest BCUT2D eigenvalue weighted by molar-refractivity contribution is 6.46. The number of rotatable bonds is 11. The molecule has 1 heterocycles. The van der Waals surface area contributed by atoms with Gasteiger partial charge >= 0.3 is 0 Å². The minimum absolute atomic E-state index is 0.0745. The number of carbonyl (C=O) groups excluding carboxylic acids is 2. The van der Waals surface area contributed by atoms with Crippen LogP contribution in [0.4, 0.5) is 0 Å². The van der Waals surface area contributed by atoms with Gasteiger partial charge < -0.3 is 34.1 Å². The van der Waals surface area contributed by atoms with E-state index in [4.69, 9.17) is 18.9 Å². The lowest BCUT2D eigenvalue weighted by atomic mass is 9.94. The fourth-order valence-electron chi connectivity index (χ4n) is 3.99. The van der Waals surface area contributed by atoms with Crippen LogP contribution in [0.5, 0.6) is 23.0 Å². The van der Waals surface area contributed by atoms with Crippen molar-refractivity contribution in [1.82, 2.24) is 4.90 Å². The summed E-state index contributed by atoms with van der Waals surface area (Å²) in [4.78, 5) is 27.6. The van der Waals surface area contributed by atoms with Gasteiger partial charge in [-0.05, 0) is 50.6 Å². The maximum atomic E-state index is 13.2. The second-order valence-electron chi connectivity index (χ2n) is 7.67. The van der Waals surface area contributed by atoms with Gasteiger partial charge in [0.25, 0.3) is 11.7 Å². The smallest absolute Gasteiger partial charge is 0.295 e. The molecular weight excluding hydrogens is 454 g/mol. The fraction of sp³-hybridized carbons (Fsp3) is 0.385. The van der Waals surface area contributed by atoms with E-state index in [9.17, 15) is 19.8 Å². The number of ether oxygens (including phenoxy) is 4. The first-order valence-electron chi connectivity index (χ1n) is 11.5. The molecule has 1 aliphatic rings. The predicted molar refractivity (Wildman–Crippen MR) is 129 cm³/mol. The molecule has 0 aromatic heterocycles. The lowest BCUT2D eigenvalue weighted by molar-refractivity contribution is -0.140. The Kier molecular flexibility index (Phi) is 8.59. The number of aliphatic hydroxyl groups is 1. The molecule has 9 nitrogen and oxygen atoms in total. The van der Waals surface area contributed by atoms with E-state index in [1.54, 1.807) is 44.2 Å². The number of amides is 1. The first kappa shape index (κ1) is 25.9. The zero-order valence-corrected chi connectivity index (χ0v) is 20.4. The van der Waals surface area contributed by atoms with Crippen molar-refractivity contribution in [3.05, 3.63) is 53.1 Å². The van der Waals surface area contributed by atoms with Crippen LogP contribution >= 0.6 is 0 Å². The van der Waals surface area contributed by atoms with Gasteiger partial charge in [0.15, 0.2) is 11.5 Å². The summed E-state index contributed by atoms with van der Waals surface area (Å²) in [6.07, 6.45) is 0. The van der Waals surface area contributed by atoms with Crippen molar-refractivity contribution in [3.8, 4) is 23.0 Å². The molecule has 2 aromatic carbocycles. The first-order valence-corrected chi connectivity index (χ1v) is 11.5. The Bertz CT molecular complexity index is 1110. The molecule has 0 bridgehead atoms. The van der Waals surface area contributed by atoms with Gasteiger partial charge in [-0.1, -0.05) is 6.07 Å². The Hall–Kier alpha value is -3.72. The lowest BCUT2D eigenvalue weighted by Crippen LogP contribution is -2.32. The van der Waals surface area contributed by atoms with Crippen LogP contribution < -0.4 is 14.2 Å². The number of phenolic OH excluding ortho intramolecular Hbond substituents is 1. The van der Waals surface area contributed by atoms with Crippen LogP contribution in [0.15, 0.2) is 42.0 Å². The summed E-state index contributed by atoms with van der Waals surface area (Å²) >= 11 is 0.